The molecule has 0 saturated heterocycles. The molecule has 2 N–H and O–H groups in total. The van der Waals surface area contributed by atoms with Gasteiger partial charge in [0.1, 0.15) is 11.9 Å². The summed E-state index contributed by atoms with van der Waals surface area (Å²) in [5, 5.41) is 15.9. The van der Waals surface area contributed by atoms with Gasteiger partial charge in [0.25, 0.3) is 5.91 Å². The lowest BCUT2D eigenvalue weighted by Gasteiger charge is -2.17. The molecule has 0 fully saturated rings. The summed E-state index contributed by atoms with van der Waals surface area (Å²) in [7, 11) is 0. The lowest BCUT2D eigenvalue weighted by Crippen LogP contribution is -2.45. The van der Waals surface area contributed by atoms with E-state index in [2.05, 4.69) is 20.8 Å². The molecule has 10 heteroatoms. The van der Waals surface area contributed by atoms with E-state index in [0.29, 0.717) is 26.5 Å². The van der Waals surface area contributed by atoms with Crippen LogP contribution in [0.4, 0.5) is 9.52 Å². The van der Waals surface area contributed by atoms with Crippen LogP contribution in [0.3, 0.4) is 0 Å². The second-order valence-corrected chi connectivity index (χ2v) is 10.1. The van der Waals surface area contributed by atoms with Gasteiger partial charge in [-0.1, -0.05) is 71.6 Å². The van der Waals surface area contributed by atoms with Crippen molar-refractivity contribution in [1.29, 1.82) is 0 Å². The quantitative estimate of drug-likeness (QED) is 0.250. The van der Waals surface area contributed by atoms with Gasteiger partial charge >= 0.3 is 0 Å². The first kappa shape index (κ1) is 23.1. The monoisotopic (exact) mass is 498 g/mol. The Morgan fingerprint density at radius 2 is 1.76 bits per heavy atom. The summed E-state index contributed by atoms with van der Waals surface area (Å²) < 4.78 is 13.7. The average molecular weight is 499 g/mol. The zero-order valence-corrected chi connectivity index (χ0v) is 19.7. The molecule has 2 amide bonds. The molecule has 0 aliphatic heterocycles. The van der Waals surface area contributed by atoms with Crippen LogP contribution in [0.25, 0.3) is 0 Å². The molecule has 0 aliphatic rings. The van der Waals surface area contributed by atoms with Crippen molar-refractivity contribution in [2.24, 2.45) is 0 Å². The second-order valence-electron chi connectivity index (χ2n) is 6.97. The van der Waals surface area contributed by atoms with Gasteiger partial charge in [-0.25, -0.2) is 4.39 Å². The lowest BCUT2D eigenvalue weighted by molar-refractivity contribution is -0.118. The van der Waals surface area contributed by atoms with Crippen LogP contribution in [0.5, 0.6) is 0 Å². The van der Waals surface area contributed by atoms with Gasteiger partial charge in [-0.15, -0.1) is 21.5 Å². The first-order valence-electron chi connectivity index (χ1n) is 9.97. The Balaban J connectivity index is 1.40. The first-order chi connectivity index (χ1) is 16.1. The fraction of sp³-hybridized carbons (Fsp3) is 0.130. The topological polar surface area (TPSA) is 84.0 Å². The Morgan fingerprint density at radius 1 is 0.970 bits per heavy atom. The Bertz CT molecular complexity index is 1200. The first-order valence-corrected chi connectivity index (χ1v) is 12.6. The van der Waals surface area contributed by atoms with Crippen molar-refractivity contribution < 1.29 is 14.0 Å². The van der Waals surface area contributed by atoms with Crippen LogP contribution in [-0.2, 0) is 17.0 Å². The number of thioether (sulfide) groups is 1. The molecule has 2 aromatic heterocycles. The van der Waals surface area contributed by atoms with Gasteiger partial charge in [0.15, 0.2) is 4.34 Å². The fourth-order valence-electron chi connectivity index (χ4n) is 2.93. The lowest BCUT2D eigenvalue weighted by atomic mass is 10.1. The Labute approximate surface area is 202 Å². The van der Waals surface area contributed by atoms with Gasteiger partial charge in [0.05, 0.1) is 4.88 Å². The van der Waals surface area contributed by atoms with E-state index < -0.39 is 6.04 Å². The molecular weight excluding hydrogens is 479 g/mol. The third kappa shape index (κ3) is 6.70. The summed E-state index contributed by atoms with van der Waals surface area (Å²) in [6, 6.07) is 18.5. The van der Waals surface area contributed by atoms with Crippen molar-refractivity contribution in [1.82, 2.24) is 15.5 Å². The number of nitrogens with one attached hydrogen (secondary N) is 2. The van der Waals surface area contributed by atoms with Crippen LogP contribution in [0.15, 0.2) is 76.4 Å². The molecule has 0 radical (unpaired) electrons. The summed E-state index contributed by atoms with van der Waals surface area (Å²) in [6.07, 6.45) is 0.342. The van der Waals surface area contributed by atoms with Crippen LogP contribution in [-0.4, -0.2) is 28.1 Å². The van der Waals surface area contributed by atoms with Gasteiger partial charge in [-0.2, -0.15) is 0 Å². The highest BCUT2D eigenvalue weighted by Gasteiger charge is 2.23. The van der Waals surface area contributed by atoms with E-state index >= 15 is 0 Å². The molecule has 1 atom stereocenters. The van der Waals surface area contributed by atoms with Crippen LogP contribution < -0.4 is 10.6 Å². The van der Waals surface area contributed by atoms with E-state index in [9.17, 15) is 14.0 Å². The highest BCUT2D eigenvalue weighted by atomic mass is 32.2. The molecule has 4 rings (SSSR count). The molecule has 33 heavy (non-hydrogen) atoms. The van der Waals surface area contributed by atoms with E-state index in [0.717, 1.165) is 11.1 Å². The van der Waals surface area contributed by atoms with Crippen LogP contribution >= 0.6 is 34.4 Å². The molecule has 6 nitrogen and oxygen atoms in total. The highest BCUT2D eigenvalue weighted by molar-refractivity contribution is 8.00. The molecule has 1 unspecified atom stereocenters. The molecule has 4 aromatic rings. The number of benzene rings is 2. The minimum atomic E-state index is -0.777. The number of carbonyl (C=O) groups is 2. The predicted molar refractivity (Wildman–Crippen MR) is 130 cm³/mol. The van der Waals surface area contributed by atoms with E-state index in [1.54, 1.807) is 24.3 Å². The maximum absolute atomic E-state index is 13.0. The molecule has 168 valence electrons. The molecule has 2 heterocycles. The SMILES string of the molecule is O=C(NC(Cc1ccccc1)C(=O)Nc1nnc(SCc2ccc(F)cc2)s1)c1cccs1. The summed E-state index contributed by atoms with van der Waals surface area (Å²) in [4.78, 5) is 26.1. The number of anilines is 1. The van der Waals surface area contributed by atoms with Crippen molar-refractivity contribution in [3.8, 4) is 0 Å². The van der Waals surface area contributed by atoms with Crippen LogP contribution in [0, 0.1) is 5.82 Å². The molecule has 0 spiro atoms. The van der Waals surface area contributed by atoms with E-state index in [1.165, 1.54) is 46.6 Å². The second kappa shape index (κ2) is 11.2. The van der Waals surface area contributed by atoms with Gasteiger partial charge in [0, 0.05) is 12.2 Å². The largest absolute Gasteiger partial charge is 0.339 e. The third-order valence-corrected chi connectivity index (χ3v) is 7.47. The smallest absolute Gasteiger partial charge is 0.262 e. The number of nitrogens with zero attached hydrogens (tertiary/aromatic N) is 2. The molecule has 2 aromatic carbocycles. The highest BCUT2D eigenvalue weighted by Crippen LogP contribution is 2.28. The van der Waals surface area contributed by atoms with Crippen LogP contribution in [0.1, 0.15) is 20.8 Å². The molecule has 0 saturated carbocycles. The number of carbonyl (C=O) groups excluding carboxylic acids is 2. The van der Waals surface area contributed by atoms with Crippen molar-refractivity contribution in [3.63, 3.8) is 0 Å². The normalized spacial score (nSPS) is 11.7. The summed E-state index contributed by atoms with van der Waals surface area (Å²) in [6.45, 7) is 0. The molecular formula is C23H19FN4O2S3. The van der Waals surface area contributed by atoms with Gasteiger partial charge in [-0.05, 0) is 34.7 Å². The fourth-order valence-corrected chi connectivity index (χ4v) is 5.27. The van der Waals surface area contributed by atoms with E-state index in [-0.39, 0.29) is 17.6 Å². The molecule has 0 bridgehead atoms. The maximum atomic E-state index is 13.0. The number of aromatic nitrogens is 2. The molecule has 0 aliphatic carbocycles. The van der Waals surface area contributed by atoms with Crippen molar-refractivity contribution in [2.75, 3.05) is 5.32 Å². The van der Waals surface area contributed by atoms with Crippen molar-refractivity contribution >= 4 is 51.4 Å². The zero-order valence-electron chi connectivity index (χ0n) is 17.2. The summed E-state index contributed by atoms with van der Waals surface area (Å²) >= 11 is 4.01. The Morgan fingerprint density at radius 3 is 2.48 bits per heavy atom. The minimum absolute atomic E-state index is 0.277. The Hall–Kier alpha value is -3.08. The van der Waals surface area contributed by atoms with Crippen molar-refractivity contribution in [3.05, 3.63) is 93.9 Å². The number of thiophene rings is 1. The summed E-state index contributed by atoms with van der Waals surface area (Å²) in [5.74, 6) is -0.333. The van der Waals surface area contributed by atoms with E-state index in [1.807, 2.05) is 35.7 Å². The number of hydrogen-bond acceptors (Lipinski definition) is 7. The van der Waals surface area contributed by atoms with Gasteiger partial charge < -0.3 is 5.32 Å². The zero-order chi connectivity index (χ0) is 23.0. The average Bonchev–Trinajstić information content (AvgIpc) is 3.51. The van der Waals surface area contributed by atoms with E-state index in [4.69, 9.17) is 0 Å². The third-order valence-electron chi connectivity index (χ3n) is 4.56. The standard InChI is InChI=1S/C23H19FN4O2S3/c24-17-10-8-16(9-11-17)14-32-23-28-27-22(33-23)26-20(29)18(13-15-5-2-1-3-6-15)25-21(30)19-7-4-12-31-19/h1-12,18H,13-14H2,(H,25,30)(H,26,27,29). The number of rotatable bonds is 9. The van der Waals surface area contributed by atoms with Gasteiger partial charge in [0.2, 0.25) is 11.0 Å². The number of halogens is 1. The van der Waals surface area contributed by atoms with Crippen LogP contribution in [0.2, 0.25) is 0 Å². The Kier molecular flexibility index (Phi) is 7.82. The maximum Gasteiger partial charge on any atom is 0.262 e. The summed E-state index contributed by atoms with van der Waals surface area (Å²) in [5.41, 5.74) is 1.89. The number of amides is 2. The van der Waals surface area contributed by atoms with Gasteiger partial charge in [-0.3, -0.25) is 14.9 Å². The number of hydrogen-bond donors (Lipinski definition) is 2. The predicted octanol–water partition coefficient (Wildman–Crippen LogP) is 5.01. The van der Waals surface area contributed by atoms with Crippen molar-refractivity contribution in [2.45, 2.75) is 22.6 Å². The minimum Gasteiger partial charge on any atom is -0.339 e.